The first-order chi connectivity index (χ1) is 10.0. The van der Waals surface area contributed by atoms with E-state index in [1.54, 1.807) is 0 Å². The van der Waals surface area contributed by atoms with E-state index in [4.69, 9.17) is 0 Å². The van der Waals surface area contributed by atoms with Crippen molar-refractivity contribution < 1.29 is 17.9 Å². The lowest BCUT2D eigenvalue weighted by atomic mass is 10.2. The Morgan fingerprint density at radius 3 is 2.71 bits per heavy atom. The molecule has 8 heteroatoms. The Hall–Kier alpha value is -1.77. The lowest BCUT2D eigenvalue weighted by molar-refractivity contribution is 0.0590. The average Bonchev–Trinajstić information content (AvgIpc) is 2.98. The van der Waals surface area contributed by atoms with Crippen LogP contribution in [0, 0.1) is 0 Å². The van der Waals surface area contributed by atoms with Crippen LogP contribution >= 0.6 is 11.3 Å². The van der Waals surface area contributed by atoms with Crippen molar-refractivity contribution in [1.82, 2.24) is 9.71 Å². The predicted molar refractivity (Wildman–Crippen MR) is 78.8 cm³/mol. The maximum absolute atomic E-state index is 12.2. The van der Waals surface area contributed by atoms with Gasteiger partial charge in [0.1, 0.15) is 0 Å². The maximum Gasteiger partial charge on any atom is 0.358 e. The highest BCUT2D eigenvalue weighted by atomic mass is 32.2. The molecule has 1 aromatic heterocycles. The zero-order valence-electron chi connectivity index (χ0n) is 11.3. The number of benzene rings is 1. The minimum absolute atomic E-state index is 0.123. The highest BCUT2D eigenvalue weighted by Gasteiger charge is 2.26. The van der Waals surface area contributed by atoms with E-state index in [-0.39, 0.29) is 16.4 Å². The molecule has 6 nitrogen and oxygen atoms in total. The van der Waals surface area contributed by atoms with Gasteiger partial charge in [0.2, 0.25) is 0 Å². The summed E-state index contributed by atoms with van der Waals surface area (Å²) in [7, 11) is -2.59. The molecule has 0 saturated heterocycles. The molecule has 21 heavy (non-hydrogen) atoms. The third-order valence-electron chi connectivity index (χ3n) is 2.71. The van der Waals surface area contributed by atoms with Gasteiger partial charge >= 0.3 is 5.97 Å². The first kappa shape index (κ1) is 15.6. The Bertz CT molecular complexity index is 711. The number of sulfonamides is 1. The van der Waals surface area contributed by atoms with Crippen LogP contribution in [0.3, 0.4) is 0 Å². The summed E-state index contributed by atoms with van der Waals surface area (Å²) >= 11 is 0.884. The summed E-state index contributed by atoms with van der Waals surface area (Å²) in [5.41, 5.74) is 2.14. The Balaban J connectivity index is 2.06. The molecule has 0 unspecified atom stereocenters. The molecule has 2 aromatic rings. The van der Waals surface area contributed by atoms with Gasteiger partial charge in [0.15, 0.2) is 9.90 Å². The number of nitrogens with zero attached hydrogens (tertiary/aromatic N) is 1. The average molecular weight is 326 g/mol. The van der Waals surface area contributed by atoms with Crippen LogP contribution < -0.4 is 4.72 Å². The van der Waals surface area contributed by atoms with Crippen molar-refractivity contribution in [2.75, 3.05) is 13.7 Å². The van der Waals surface area contributed by atoms with E-state index in [1.165, 1.54) is 12.6 Å². The fraction of sp³-hybridized carbons (Fsp3) is 0.231. The van der Waals surface area contributed by atoms with Crippen LogP contribution in [0.25, 0.3) is 0 Å². The van der Waals surface area contributed by atoms with Gasteiger partial charge in [-0.1, -0.05) is 30.3 Å². The fourth-order valence-electron chi connectivity index (χ4n) is 1.70. The molecule has 0 spiro atoms. The topological polar surface area (TPSA) is 85.4 Å². The van der Waals surface area contributed by atoms with E-state index < -0.39 is 16.0 Å². The Morgan fingerprint density at radius 2 is 2.05 bits per heavy atom. The number of aromatic nitrogens is 1. The molecule has 1 aromatic carbocycles. The summed E-state index contributed by atoms with van der Waals surface area (Å²) in [4.78, 5) is 15.2. The third-order valence-corrected chi connectivity index (χ3v) is 5.54. The first-order valence-electron chi connectivity index (χ1n) is 6.10. The largest absolute Gasteiger partial charge is 0.464 e. The minimum atomic E-state index is -3.77. The SMILES string of the molecule is COC(=O)c1ncsc1S(=O)(=O)NCCc1ccccc1. The van der Waals surface area contributed by atoms with Crippen LogP contribution in [-0.4, -0.2) is 33.0 Å². The predicted octanol–water partition coefficient (Wildman–Crippen LogP) is 1.45. The molecule has 0 aliphatic heterocycles. The van der Waals surface area contributed by atoms with Crippen molar-refractivity contribution in [3.63, 3.8) is 0 Å². The number of ether oxygens (including phenoxy) is 1. The molecule has 1 heterocycles. The number of methoxy groups -OCH3 is 1. The second-order valence-electron chi connectivity index (χ2n) is 4.11. The highest BCUT2D eigenvalue weighted by Crippen LogP contribution is 2.20. The van der Waals surface area contributed by atoms with Crippen LogP contribution in [0.2, 0.25) is 0 Å². The normalized spacial score (nSPS) is 11.3. The van der Waals surface area contributed by atoms with Gasteiger partial charge in [-0.15, -0.1) is 11.3 Å². The maximum atomic E-state index is 12.2. The second kappa shape index (κ2) is 6.79. The smallest absolute Gasteiger partial charge is 0.358 e. The van der Waals surface area contributed by atoms with Gasteiger partial charge in [0, 0.05) is 6.54 Å². The molecule has 1 N–H and O–H groups in total. The van der Waals surface area contributed by atoms with Crippen molar-refractivity contribution in [3.05, 3.63) is 47.1 Å². The number of hydrogen-bond acceptors (Lipinski definition) is 6. The Labute approximate surface area is 126 Å². The van der Waals surface area contributed by atoms with Crippen LogP contribution in [0.1, 0.15) is 16.1 Å². The monoisotopic (exact) mass is 326 g/mol. The highest BCUT2D eigenvalue weighted by molar-refractivity contribution is 7.91. The number of thiazole rings is 1. The number of carbonyl (C=O) groups excluding carboxylic acids is 1. The number of carbonyl (C=O) groups is 1. The summed E-state index contributed by atoms with van der Waals surface area (Å²) in [6.45, 7) is 0.241. The van der Waals surface area contributed by atoms with Gasteiger partial charge in [-0.2, -0.15) is 0 Å². The van der Waals surface area contributed by atoms with Crippen molar-refractivity contribution >= 4 is 27.3 Å². The molecule has 0 amide bonds. The molecular formula is C13H14N2O4S2. The van der Waals surface area contributed by atoms with Gasteiger partial charge in [-0.25, -0.2) is 22.9 Å². The van der Waals surface area contributed by atoms with Crippen LogP contribution in [-0.2, 0) is 21.2 Å². The molecule has 0 aliphatic rings. The van der Waals surface area contributed by atoms with Gasteiger partial charge < -0.3 is 4.74 Å². The molecule has 0 atom stereocenters. The standard InChI is InChI=1S/C13H14N2O4S2/c1-19-12(16)11-13(20-9-14-11)21(17,18)15-8-7-10-5-3-2-4-6-10/h2-6,9,15H,7-8H2,1H3. The van der Waals surface area contributed by atoms with Gasteiger partial charge in [0.05, 0.1) is 12.6 Å². The molecule has 0 fully saturated rings. The molecule has 0 radical (unpaired) electrons. The molecule has 2 rings (SSSR count). The molecule has 112 valence electrons. The van der Waals surface area contributed by atoms with Crippen LogP contribution in [0.15, 0.2) is 40.1 Å². The summed E-state index contributed by atoms with van der Waals surface area (Å²) in [6.07, 6.45) is 0.562. The van der Waals surface area contributed by atoms with E-state index >= 15 is 0 Å². The minimum Gasteiger partial charge on any atom is -0.464 e. The fourth-order valence-corrected chi connectivity index (χ4v) is 3.91. The molecule has 0 bridgehead atoms. The van der Waals surface area contributed by atoms with Gasteiger partial charge in [-0.05, 0) is 12.0 Å². The van der Waals surface area contributed by atoms with Crippen molar-refractivity contribution in [3.8, 4) is 0 Å². The van der Waals surface area contributed by atoms with E-state index in [1.807, 2.05) is 30.3 Å². The molecule has 0 aliphatic carbocycles. The van der Waals surface area contributed by atoms with Crippen molar-refractivity contribution in [2.45, 2.75) is 10.6 Å². The van der Waals surface area contributed by atoms with Gasteiger partial charge in [0.25, 0.3) is 10.0 Å². The third kappa shape index (κ3) is 3.87. The number of esters is 1. The molecular weight excluding hydrogens is 312 g/mol. The first-order valence-corrected chi connectivity index (χ1v) is 8.46. The van der Waals surface area contributed by atoms with Crippen molar-refractivity contribution in [2.24, 2.45) is 0 Å². The van der Waals surface area contributed by atoms with Gasteiger partial charge in [-0.3, -0.25) is 0 Å². The summed E-state index contributed by atoms with van der Waals surface area (Å²) in [5.74, 6) is -0.764. The van der Waals surface area contributed by atoms with Crippen LogP contribution in [0.4, 0.5) is 0 Å². The van der Waals surface area contributed by atoms with E-state index in [2.05, 4.69) is 14.4 Å². The lowest BCUT2D eigenvalue weighted by Crippen LogP contribution is -2.26. The summed E-state index contributed by atoms with van der Waals surface area (Å²) < 4.78 is 31.2. The Kier molecular flexibility index (Phi) is 5.05. The number of nitrogens with one attached hydrogen (secondary N) is 1. The molecule has 0 saturated carbocycles. The van der Waals surface area contributed by atoms with Crippen LogP contribution in [0.5, 0.6) is 0 Å². The zero-order chi connectivity index (χ0) is 15.3. The number of rotatable bonds is 6. The summed E-state index contributed by atoms with van der Waals surface area (Å²) in [6, 6.07) is 9.51. The van der Waals surface area contributed by atoms with E-state index in [9.17, 15) is 13.2 Å². The Morgan fingerprint density at radius 1 is 1.33 bits per heavy atom. The van der Waals surface area contributed by atoms with Crippen molar-refractivity contribution in [1.29, 1.82) is 0 Å². The zero-order valence-corrected chi connectivity index (χ0v) is 12.9. The van der Waals surface area contributed by atoms with E-state index in [0.29, 0.717) is 6.42 Å². The van der Waals surface area contributed by atoms with E-state index in [0.717, 1.165) is 16.9 Å². The number of hydrogen-bond donors (Lipinski definition) is 1. The quantitative estimate of drug-likeness (QED) is 0.812. The second-order valence-corrected chi connectivity index (χ2v) is 6.93. The lowest BCUT2D eigenvalue weighted by Gasteiger charge is -2.06. The summed E-state index contributed by atoms with van der Waals surface area (Å²) in [5, 5.41) is 0.